The molecule has 0 aromatic carbocycles. The number of carbonyl (C=O) groups is 2. The SMILES string of the molecule is CC(=O)[C@]1(O)CC[C@H]2[C@H]3CCC4CC(=O)CC[C@@]4(C)[C@H]3CC[C@@]21C. The van der Waals surface area contributed by atoms with Crippen molar-refractivity contribution in [2.24, 2.45) is 34.5 Å². The summed E-state index contributed by atoms with van der Waals surface area (Å²) in [5, 5.41) is 11.2. The summed E-state index contributed by atoms with van der Waals surface area (Å²) >= 11 is 0. The zero-order chi connectivity index (χ0) is 17.3. The molecule has 4 rings (SSSR count). The summed E-state index contributed by atoms with van der Waals surface area (Å²) in [5.74, 6) is 2.78. The summed E-state index contributed by atoms with van der Waals surface area (Å²) < 4.78 is 0. The maximum Gasteiger partial charge on any atom is 0.161 e. The Labute approximate surface area is 145 Å². The van der Waals surface area contributed by atoms with Gasteiger partial charge in [0.25, 0.3) is 0 Å². The van der Waals surface area contributed by atoms with E-state index < -0.39 is 5.60 Å². The average Bonchev–Trinajstić information content (AvgIpc) is 2.81. The molecule has 134 valence electrons. The second-order valence-electron chi connectivity index (χ2n) is 9.81. The van der Waals surface area contributed by atoms with Gasteiger partial charge >= 0.3 is 0 Å². The number of ketones is 2. The number of hydrogen-bond donors (Lipinski definition) is 1. The normalized spacial score (nSPS) is 53.9. The Morgan fingerprint density at radius 3 is 2.46 bits per heavy atom. The van der Waals surface area contributed by atoms with E-state index in [0.29, 0.717) is 41.3 Å². The highest BCUT2D eigenvalue weighted by Gasteiger charge is 2.65. The molecule has 0 heterocycles. The third-order valence-corrected chi connectivity index (χ3v) is 9.22. The molecule has 1 N–H and O–H groups in total. The van der Waals surface area contributed by atoms with Crippen LogP contribution < -0.4 is 0 Å². The van der Waals surface area contributed by atoms with E-state index in [1.54, 1.807) is 6.92 Å². The van der Waals surface area contributed by atoms with Crippen molar-refractivity contribution in [1.82, 2.24) is 0 Å². The van der Waals surface area contributed by atoms with Crippen LogP contribution >= 0.6 is 0 Å². The highest BCUT2D eigenvalue weighted by molar-refractivity contribution is 5.86. The van der Waals surface area contributed by atoms with Crippen molar-refractivity contribution >= 4 is 11.6 Å². The molecule has 24 heavy (non-hydrogen) atoms. The van der Waals surface area contributed by atoms with E-state index in [2.05, 4.69) is 13.8 Å². The van der Waals surface area contributed by atoms with Crippen LogP contribution in [0.4, 0.5) is 0 Å². The lowest BCUT2D eigenvalue weighted by Crippen LogP contribution is -2.58. The van der Waals surface area contributed by atoms with E-state index >= 15 is 0 Å². The minimum Gasteiger partial charge on any atom is -0.382 e. The summed E-state index contributed by atoms with van der Waals surface area (Å²) in [4.78, 5) is 24.2. The first-order valence-corrected chi connectivity index (χ1v) is 9.97. The Morgan fingerprint density at radius 2 is 1.75 bits per heavy atom. The number of aliphatic hydroxyl groups is 1. The van der Waals surface area contributed by atoms with Gasteiger partial charge in [-0.2, -0.15) is 0 Å². The predicted molar refractivity (Wildman–Crippen MR) is 92.4 cm³/mol. The quantitative estimate of drug-likeness (QED) is 0.792. The Hall–Kier alpha value is -0.700. The van der Waals surface area contributed by atoms with Gasteiger partial charge in [0.05, 0.1) is 0 Å². The van der Waals surface area contributed by atoms with Crippen LogP contribution in [0.25, 0.3) is 0 Å². The van der Waals surface area contributed by atoms with Crippen molar-refractivity contribution in [2.45, 2.75) is 84.2 Å². The number of rotatable bonds is 1. The van der Waals surface area contributed by atoms with Gasteiger partial charge in [0, 0.05) is 18.3 Å². The molecule has 0 spiro atoms. The van der Waals surface area contributed by atoms with Crippen LogP contribution in [0.5, 0.6) is 0 Å². The molecule has 4 aliphatic carbocycles. The van der Waals surface area contributed by atoms with E-state index in [1.807, 2.05) is 0 Å². The van der Waals surface area contributed by atoms with Crippen molar-refractivity contribution in [3.63, 3.8) is 0 Å². The Balaban J connectivity index is 1.66. The minimum atomic E-state index is -1.11. The largest absolute Gasteiger partial charge is 0.382 e. The molecule has 3 heteroatoms. The van der Waals surface area contributed by atoms with Crippen molar-refractivity contribution < 1.29 is 14.7 Å². The lowest BCUT2D eigenvalue weighted by Gasteiger charge is -2.60. The zero-order valence-electron chi connectivity index (χ0n) is 15.4. The molecule has 4 fully saturated rings. The average molecular weight is 332 g/mol. The first kappa shape index (κ1) is 16.8. The maximum atomic E-state index is 12.2. The lowest BCUT2D eigenvalue weighted by atomic mass is 9.44. The monoisotopic (exact) mass is 332 g/mol. The van der Waals surface area contributed by atoms with Crippen LogP contribution in [0, 0.1) is 34.5 Å². The molecule has 4 aliphatic rings. The molecule has 1 unspecified atom stereocenters. The van der Waals surface area contributed by atoms with Gasteiger partial charge in [-0.25, -0.2) is 0 Å². The zero-order valence-corrected chi connectivity index (χ0v) is 15.4. The van der Waals surface area contributed by atoms with Crippen LogP contribution in [0.2, 0.25) is 0 Å². The Bertz CT molecular complexity index is 584. The molecule has 0 amide bonds. The van der Waals surface area contributed by atoms with Crippen LogP contribution in [-0.4, -0.2) is 22.3 Å². The third-order valence-electron chi connectivity index (χ3n) is 9.22. The highest BCUT2D eigenvalue weighted by atomic mass is 16.3. The molecule has 3 nitrogen and oxygen atoms in total. The summed E-state index contributed by atoms with van der Waals surface area (Å²) in [7, 11) is 0. The molecule has 0 aromatic rings. The number of fused-ring (bicyclic) bond motifs is 5. The minimum absolute atomic E-state index is 0.0332. The van der Waals surface area contributed by atoms with Crippen molar-refractivity contribution in [3.05, 3.63) is 0 Å². The molecule has 7 atom stereocenters. The summed E-state index contributed by atoms with van der Waals surface area (Å²) in [6, 6.07) is 0. The van der Waals surface area contributed by atoms with Gasteiger partial charge in [0.2, 0.25) is 0 Å². The molecule has 0 saturated heterocycles. The first-order valence-electron chi connectivity index (χ1n) is 9.97. The highest BCUT2D eigenvalue weighted by Crippen LogP contribution is 2.68. The Kier molecular flexibility index (Phi) is 3.60. The van der Waals surface area contributed by atoms with Crippen molar-refractivity contribution in [1.29, 1.82) is 0 Å². The van der Waals surface area contributed by atoms with Gasteiger partial charge in [-0.3, -0.25) is 9.59 Å². The molecule has 0 aromatic heterocycles. The summed E-state index contributed by atoms with van der Waals surface area (Å²) in [6.07, 6.45) is 8.67. The molecular weight excluding hydrogens is 300 g/mol. The van der Waals surface area contributed by atoms with Crippen LogP contribution in [0.15, 0.2) is 0 Å². The fraction of sp³-hybridized carbons (Fsp3) is 0.905. The van der Waals surface area contributed by atoms with Crippen LogP contribution in [0.3, 0.4) is 0 Å². The smallest absolute Gasteiger partial charge is 0.161 e. The second kappa shape index (κ2) is 5.16. The first-order chi connectivity index (χ1) is 11.2. The number of hydrogen-bond acceptors (Lipinski definition) is 3. The fourth-order valence-corrected chi connectivity index (χ4v) is 7.64. The van der Waals surface area contributed by atoms with E-state index in [4.69, 9.17) is 0 Å². The molecule has 0 bridgehead atoms. The summed E-state index contributed by atoms with van der Waals surface area (Å²) in [5.41, 5.74) is -1.05. The van der Waals surface area contributed by atoms with Gasteiger partial charge in [-0.15, -0.1) is 0 Å². The molecular formula is C21H32O3. The Morgan fingerprint density at radius 1 is 1.04 bits per heavy atom. The van der Waals surface area contributed by atoms with Gasteiger partial charge in [-0.05, 0) is 81.0 Å². The van der Waals surface area contributed by atoms with Gasteiger partial charge in [0.15, 0.2) is 5.78 Å². The summed E-state index contributed by atoms with van der Waals surface area (Å²) in [6.45, 7) is 6.20. The van der Waals surface area contributed by atoms with Gasteiger partial charge < -0.3 is 5.11 Å². The van der Waals surface area contributed by atoms with Gasteiger partial charge in [0.1, 0.15) is 11.4 Å². The number of carbonyl (C=O) groups excluding carboxylic acids is 2. The van der Waals surface area contributed by atoms with E-state index in [-0.39, 0.29) is 11.2 Å². The lowest BCUT2D eigenvalue weighted by molar-refractivity contribution is -0.169. The third kappa shape index (κ3) is 1.94. The van der Waals surface area contributed by atoms with E-state index in [1.165, 1.54) is 6.42 Å². The topological polar surface area (TPSA) is 54.4 Å². The van der Waals surface area contributed by atoms with Crippen LogP contribution in [0.1, 0.15) is 78.6 Å². The predicted octanol–water partition coefficient (Wildman–Crippen LogP) is 3.92. The standard InChI is InChI=1S/C21H32O3/c1-13(22)21(24)11-8-18-16-5-4-14-12-15(23)6-9-19(14,2)17(16)7-10-20(18,21)3/h14,16-18,24H,4-12H2,1-3H3/t14?,16-,17-,18-,19+,20-,21+/m0/s1. The maximum absolute atomic E-state index is 12.2. The van der Waals surface area contributed by atoms with Crippen molar-refractivity contribution in [3.8, 4) is 0 Å². The van der Waals surface area contributed by atoms with E-state index in [9.17, 15) is 14.7 Å². The number of Topliss-reactive ketones (excluding diaryl/α,β-unsaturated/α-hetero) is 2. The van der Waals surface area contributed by atoms with Gasteiger partial charge in [-0.1, -0.05) is 13.8 Å². The fourth-order valence-electron chi connectivity index (χ4n) is 7.64. The second-order valence-corrected chi connectivity index (χ2v) is 9.81. The van der Waals surface area contributed by atoms with Crippen molar-refractivity contribution in [2.75, 3.05) is 0 Å². The van der Waals surface area contributed by atoms with E-state index in [0.717, 1.165) is 44.9 Å². The molecule has 0 aliphatic heterocycles. The molecule has 4 saturated carbocycles. The molecule has 0 radical (unpaired) electrons. The van der Waals surface area contributed by atoms with Crippen LogP contribution in [-0.2, 0) is 9.59 Å².